The van der Waals surface area contributed by atoms with Crippen LogP contribution < -0.4 is 0 Å². The summed E-state index contributed by atoms with van der Waals surface area (Å²) in [5, 5.41) is 9.02. The Balaban J connectivity index is 3.27. The number of halogens is 1. The lowest BCUT2D eigenvalue weighted by molar-refractivity contribution is 0.281. The van der Waals surface area contributed by atoms with Crippen molar-refractivity contribution < 1.29 is 17.9 Å². The minimum Gasteiger partial charge on any atom is -0.392 e. The molecule has 108 valence electrons. The molecule has 19 heavy (non-hydrogen) atoms. The van der Waals surface area contributed by atoms with Crippen LogP contribution in [-0.2, 0) is 16.6 Å². The van der Waals surface area contributed by atoms with Gasteiger partial charge in [0.15, 0.2) is 0 Å². The SMILES string of the molecule is CC(C)C(C)N(C)S(=O)(=O)c1cc(CO)ccc1F. The highest BCUT2D eigenvalue weighted by atomic mass is 32.2. The third kappa shape index (κ3) is 3.32. The van der Waals surface area contributed by atoms with Crippen LogP contribution in [0.3, 0.4) is 0 Å². The zero-order valence-electron chi connectivity index (χ0n) is 11.6. The number of benzene rings is 1. The Kier molecular flexibility index (Phi) is 5.06. The third-order valence-electron chi connectivity index (χ3n) is 3.37. The molecule has 1 aromatic carbocycles. The van der Waals surface area contributed by atoms with Crippen LogP contribution in [0.15, 0.2) is 23.1 Å². The zero-order chi connectivity index (χ0) is 14.8. The van der Waals surface area contributed by atoms with Crippen molar-refractivity contribution in [1.29, 1.82) is 0 Å². The highest BCUT2D eigenvalue weighted by Gasteiger charge is 2.29. The molecule has 0 fully saturated rings. The van der Waals surface area contributed by atoms with Gasteiger partial charge in [-0.1, -0.05) is 19.9 Å². The molecule has 1 atom stereocenters. The fourth-order valence-electron chi connectivity index (χ4n) is 1.64. The highest BCUT2D eigenvalue weighted by Crippen LogP contribution is 2.23. The van der Waals surface area contributed by atoms with Gasteiger partial charge >= 0.3 is 0 Å². The van der Waals surface area contributed by atoms with Crippen molar-refractivity contribution in [3.63, 3.8) is 0 Å². The largest absolute Gasteiger partial charge is 0.392 e. The Morgan fingerprint density at radius 1 is 1.32 bits per heavy atom. The van der Waals surface area contributed by atoms with Crippen LogP contribution in [0.25, 0.3) is 0 Å². The maximum atomic E-state index is 13.7. The van der Waals surface area contributed by atoms with Crippen LogP contribution in [-0.4, -0.2) is 30.9 Å². The molecule has 1 aromatic rings. The van der Waals surface area contributed by atoms with Gasteiger partial charge in [-0.2, -0.15) is 4.31 Å². The molecule has 0 aliphatic rings. The number of aliphatic hydroxyl groups is 1. The van der Waals surface area contributed by atoms with E-state index in [9.17, 15) is 12.8 Å². The molecule has 0 heterocycles. The summed E-state index contributed by atoms with van der Waals surface area (Å²) in [4.78, 5) is -0.394. The second-order valence-electron chi connectivity index (χ2n) is 4.93. The van der Waals surface area contributed by atoms with E-state index in [0.29, 0.717) is 5.56 Å². The Morgan fingerprint density at radius 2 is 1.89 bits per heavy atom. The first-order valence-corrected chi connectivity index (χ1v) is 7.53. The van der Waals surface area contributed by atoms with Gasteiger partial charge in [0, 0.05) is 13.1 Å². The van der Waals surface area contributed by atoms with Crippen LogP contribution in [0.4, 0.5) is 4.39 Å². The quantitative estimate of drug-likeness (QED) is 0.901. The van der Waals surface area contributed by atoms with Crippen molar-refractivity contribution in [3.8, 4) is 0 Å². The lowest BCUT2D eigenvalue weighted by Crippen LogP contribution is -2.38. The average molecular weight is 289 g/mol. The van der Waals surface area contributed by atoms with Crippen molar-refractivity contribution >= 4 is 10.0 Å². The first-order valence-electron chi connectivity index (χ1n) is 6.09. The van der Waals surface area contributed by atoms with Gasteiger partial charge in [0.05, 0.1) is 6.61 Å². The summed E-state index contributed by atoms with van der Waals surface area (Å²) >= 11 is 0. The van der Waals surface area contributed by atoms with Gasteiger partial charge in [0.1, 0.15) is 10.7 Å². The van der Waals surface area contributed by atoms with Gasteiger partial charge in [-0.25, -0.2) is 12.8 Å². The molecule has 0 bridgehead atoms. The van der Waals surface area contributed by atoms with Crippen LogP contribution in [0, 0.1) is 11.7 Å². The van der Waals surface area contributed by atoms with Crippen molar-refractivity contribution in [2.24, 2.45) is 5.92 Å². The molecule has 6 heteroatoms. The molecule has 0 radical (unpaired) electrons. The summed E-state index contributed by atoms with van der Waals surface area (Å²) < 4.78 is 39.6. The molecule has 1 rings (SSSR count). The summed E-state index contributed by atoms with van der Waals surface area (Å²) in [6.45, 7) is 5.25. The summed E-state index contributed by atoms with van der Waals surface area (Å²) in [6.07, 6.45) is 0. The smallest absolute Gasteiger partial charge is 0.245 e. The number of hydrogen-bond donors (Lipinski definition) is 1. The van der Waals surface area contributed by atoms with Crippen molar-refractivity contribution in [3.05, 3.63) is 29.6 Å². The molecule has 1 unspecified atom stereocenters. The van der Waals surface area contributed by atoms with E-state index >= 15 is 0 Å². The van der Waals surface area contributed by atoms with E-state index in [2.05, 4.69) is 0 Å². The summed E-state index contributed by atoms with van der Waals surface area (Å²) in [5.74, 6) is -0.691. The maximum absolute atomic E-state index is 13.7. The van der Waals surface area contributed by atoms with Gasteiger partial charge in [-0.15, -0.1) is 0 Å². The van der Waals surface area contributed by atoms with Crippen LogP contribution >= 0.6 is 0 Å². The molecule has 0 aliphatic heterocycles. The van der Waals surface area contributed by atoms with E-state index in [1.807, 2.05) is 13.8 Å². The maximum Gasteiger partial charge on any atom is 0.245 e. The topological polar surface area (TPSA) is 57.6 Å². The number of aliphatic hydroxyl groups excluding tert-OH is 1. The van der Waals surface area contributed by atoms with Gasteiger partial charge in [0.25, 0.3) is 0 Å². The Hall–Kier alpha value is -0.980. The molecular weight excluding hydrogens is 269 g/mol. The first kappa shape index (κ1) is 16.1. The number of hydrogen-bond acceptors (Lipinski definition) is 3. The van der Waals surface area contributed by atoms with E-state index in [1.54, 1.807) is 6.92 Å². The molecule has 0 amide bonds. The third-order valence-corrected chi connectivity index (χ3v) is 5.33. The van der Waals surface area contributed by atoms with Crippen molar-refractivity contribution in [2.45, 2.75) is 38.3 Å². The Morgan fingerprint density at radius 3 is 2.37 bits per heavy atom. The highest BCUT2D eigenvalue weighted by molar-refractivity contribution is 7.89. The monoisotopic (exact) mass is 289 g/mol. The minimum atomic E-state index is -3.90. The summed E-state index contributed by atoms with van der Waals surface area (Å²) in [6, 6.07) is 3.35. The van der Waals surface area contributed by atoms with E-state index in [1.165, 1.54) is 19.2 Å². The fraction of sp³-hybridized carbons (Fsp3) is 0.538. The Labute approximate surface area is 113 Å². The lowest BCUT2D eigenvalue weighted by Gasteiger charge is -2.27. The first-order chi connectivity index (χ1) is 8.71. The van der Waals surface area contributed by atoms with Gasteiger partial charge in [-0.05, 0) is 30.5 Å². The molecule has 0 aromatic heterocycles. The number of sulfonamides is 1. The van der Waals surface area contributed by atoms with Gasteiger partial charge in [-0.3, -0.25) is 0 Å². The predicted molar refractivity (Wildman–Crippen MR) is 71.6 cm³/mol. The second-order valence-corrected chi connectivity index (χ2v) is 6.89. The number of nitrogens with zero attached hydrogens (tertiary/aromatic N) is 1. The van der Waals surface area contributed by atoms with E-state index in [-0.39, 0.29) is 18.6 Å². The average Bonchev–Trinajstić information content (AvgIpc) is 2.37. The second kappa shape index (κ2) is 5.98. The van der Waals surface area contributed by atoms with Crippen molar-refractivity contribution in [2.75, 3.05) is 7.05 Å². The normalized spacial score (nSPS) is 14.1. The molecule has 4 nitrogen and oxygen atoms in total. The van der Waals surface area contributed by atoms with Crippen LogP contribution in [0.5, 0.6) is 0 Å². The lowest BCUT2D eigenvalue weighted by atomic mass is 10.1. The van der Waals surface area contributed by atoms with Crippen molar-refractivity contribution in [1.82, 2.24) is 4.31 Å². The summed E-state index contributed by atoms with van der Waals surface area (Å²) in [5.41, 5.74) is 0.366. The molecule has 0 saturated heterocycles. The van der Waals surface area contributed by atoms with E-state index < -0.39 is 20.7 Å². The fourth-order valence-corrected chi connectivity index (χ4v) is 3.24. The van der Waals surface area contributed by atoms with E-state index in [4.69, 9.17) is 5.11 Å². The van der Waals surface area contributed by atoms with Crippen LogP contribution in [0.2, 0.25) is 0 Å². The molecule has 0 aliphatic carbocycles. The molecular formula is C13H20FNO3S. The van der Waals surface area contributed by atoms with Gasteiger partial charge in [0.2, 0.25) is 10.0 Å². The summed E-state index contributed by atoms with van der Waals surface area (Å²) in [7, 11) is -2.46. The molecule has 1 N–H and O–H groups in total. The predicted octanol–water partition coefficient (Wildman–Crippen LogP) is 1.98. The minimum absolute atomic E-state index is 0.115. The standard InChI is InChI=1S/C13H20FNO3S/c1-9(2)10(3)15(4)19(17,18)13-7-11(8-16)5-6-12(13)14/h5-7,9-10,16H,8H2,1-4H3. The molecule has 0 saturated carbocycles. The zero-order valence-corrected chi connectivity index (χ0v) is 12.4. The molecule has 0 spiro atoms. The van der Waals surface area contributed by atoms with Crippen LogP contribution in [0.1, 0.15) is 26.3 Å². The Bertz CT molecular complexity index is 543. The van der Waals surface area contributed by atoms with Gasteiger partial charge < -0.3 is 5.11 Å². The van der Waals surface area contributed by atoms with E-state index in [0.717, 1.165) is 10.4 Å². The number of rotatable bonds is 5.